The van der Waals surface area contributed by atoms with Crippen molar-refractivity contribution in [2.45, 2.75) is 18.9 Å². The van der Waals surface area contributed by atoms with E-state index in [0.29, 0.717) is 24.0 Å². The Labute approximate surface area is 134 Å². The van der Waals surface area contributed by atoms with E-state index in [-0.39, 0.29) is 18.6 Å². The maximum absolute atomic E-state index is 12.6. The third kappa shape index (κ3) is 3.43. The second-order valence-corrected chi connectivity index (χ2v) is 5.45. The maximum atomic E-state index is 12.6. The fourth-order valence-corrected chi connectivity index (χ4v) is 2.69. The van der Waals surface area contributed by atoms with Crippen LogP contribution in [0.4, 0.5) is 0 Å². The van der Waals surface area contributed by atoms with Crippen LogP contribution in [0.3, 0.4) is 0 Å². The molecule has 2 aromatic carbocycles. The third-order valence-corrected chi connectivity index (χ3v) is 3.88. The lowest BCUT2D eigenvalue weighted by Gasteiger charge is -2.18. The van der Waals surface area contributed by atoms with E-state index in [2.05, 4.69) is 5.32 Å². The van der Waals surface area contributed by atoms with Crippen molar-refractivity contribution in [1.29, 1.82) is 0 Å². The summed E-state index contributed by atoms with van der Waals surface area (Å²) < 4.78 is 5.44. The Kier molecular flexibility index (Phi) is 4.74. The molecule has 3 rings (SSSR count). The number of rotatable bonds is 6. The van der Waals surface area contributed by atoms with Crippen molar-refractivity contribution in [1.82, 2.24) is 5.32 Å². The number of amides is 1. The number of fused-ring (bicyclic) bond motifs is 1. The molecule has 4 nitrogen and oxygen atoms in total. The van der Waals surface area contributed by atoms with Gasteiger partial charge in [0.05, 0.1) is 11.6 Å². The van der Waals surface area contributed by atoms with Crippen molar-refractivity contribution in [3.63, 3.8) is 0 Å². The van der Waals surface area contributed by atoms with Crippen molar-refractivity contribution in [3.8, 4) is 0 Å². The molecule has 4 heteroatoms. The van der Waals surface area contributed by atoms with Crippen LogP contribution in [-0.2, 0) is 0 Å². The average molecular weight is 309 g/mol. The smallest absolute Gasteiger partial charge is 0.255 e. The quantitative estimate of drug-likeness (QED) is 0.730. The molecule has 0 aliphatic heterocycles. The Bertz CT molecular complexity index is 779. The molecule has 0 aliphatic rings. The van der Waals surface area contributed by atoms with E-state index in [1.165, 1.54) is 6.26 Å². The number of nitrogens with one attached hydrogen (secondary N) is 1. The Morgan fingerprint density at radius 2 is 1.83 bits per heavy atom. The summed E-state index contributed by atoms with van der Waals surface area (Å²) in [6, 6.07) is 17.1. The van der Waals surface area contributed by atoms with Crippen LogP contribution in [0.15, 0.2) is 65.3 Å². The summed E-state index contributed by atoms with van der Waals surface area (Å²) in [6.07, 6.45) is 2.81. The molecule has 3 aromatic rings. The van der Waals surface area contributed by atoms with Crippen LogP contribution in [-0.4, -0.2) is 17.6 Å². The number of para-hydroxylation sites is 1. The van der Waals surface area contributed by atoms with Crippen LogP contribution in [0.1, 0.15) is 34.8 Å². The van der Waals surface area contributed by atoms with E-state index in [9.17, 15) is 4.79 Å². The summed E-state index contributed by atoms with van der Waals surface area (Å²) in [5, 5.41) is 13.0. The van der Waals surface area contributed by atoms with Crippen LogP contribution in [0.25, 0.3) is 11.0 Å². The molecule has 0 fully saturated rings. The van der Waals surface area contributed by atoms with Crippen molar-refractivity contribution in [2.24, 2.45) is 0 Å². The predicted molar refractivity (Wildman–Crippen MR) is 89.2 cm³/mol. The minimum absolute atomic E-state index is 0.105. The van der Waals surface area contributed by atoms with Crippen molar-refractivity contribution in [3.05, 3.63) is 72.0 Å². The first-order chi connectivity index (χ1) is 11.3. The summed E-state index contributed by atoms with van der Waals surface area (Å²) in [7, 11) is 0. The molecular weight excluding hydrogens is 290 g/mol. The molecular formula is C19H19NO3. The summed E-state index contributed by atoms with van der Waals surface area (Å²) in [5.74, 6) is -0.165. The monoisotopic (exact) mass is 309 g/mol. The van der Waals surface area contributed by atoms with Gasteiger partial charge in [0.25, 0.3) is 5.91 Å². The van der Waals surface area contributed by atoms with E-state index < -0.39 is 0 Å². The Balaban J connectivity index is 1.83. The fraction of sp³-hybridized carbons (Fsp3) is 0.211. The van der Waals surface area contributed by atoms with Crippen LogP contribution < -0.4 is 5.32 Å². The molecule has 23 heavy (non-hydrogen) atoms. The fourth-order valence-electron chi connectivity index (χ4n) is 2.69. The first-order valence-corrected chi connectivity index (χ1v) is 7.72. The topological polar surface area (TPSA) is 62.5 Å². The number of furan rings is 1. The lowest BCUT2D eigenvalue weighted by atomic mass is 10.0. The number of carbonyl (C=O) groups excluding carboxylic acids is 1. The Morgan fingerprint density at radius 3 is 2.61 bits per heavy atom. The molecule has 118 valence electrons. The van der Waals surface area contributed by atoms with Crippen LogP contribution in [0, 0.1) is 0 Å². The highest BCUT2D eigenvalue weighted by Gasteiger charge is 2.18. The molecule has 1 aromatic heterocycles. The molecule has 0 aliphatic carbocycles. The highest BCUT2D eigenvalue weighted by Crippen LogP contribution is 2.23. The van der Waals surface area contributed by atoms with Gasteiger partial charge in [0.15, 0.2) is 0 Å². The van der Waals surface area contributed by atoms with E-state index in [1.807, 2.05) is 54.6 Å². The second-order valence-electron chi connectivity index (χ2n) is 5.45. The standard InChI is InChI=1S/C19H19NO3/c21-12-6-10-17(14-7-2-1-3-8-14)20-19(22)16-13-23-18-11-5-4-9-15(16)18/h1-5,7-9,11,13,17,21H,6,10,12H2,(H,20,22)/t17-/m1/s1. The molecule has 1 amide bonds. The number of aliphatic hydroxyl groups is 1. The molecule has 0 unspecified atom stereocenters. The average Bonchev–Trinajstić information content (AvgIpc) is 3.03. The second kappa shape index (κ2) is 7.11. The van der Waals surface area contributed by atoms with Gasteiger partial charge in [-0.3, -0.25) is 4.79 Å². The van der Waals surface area contributed by atoms with Gasteiger partial charge < -0.3 is 14.8 Å². The zero-order valence-electron chi connectivity index (χ0n) is 12.7. The predicted octanol–water partition coefficient (Wildman–Crippen LogP) is 3.68. The van der Waals surface area contributed by atoms with E-state index in [1.54, 1.807) is 0 Å². The molecule has 0 bridgehead atoms. The van der Waals surface area contributed by atoms with Crippen LogP contribution in [0.5, 0.6) is 0 Å². The lowest BCUT2D eigenvalue weighted by Crippen LogP contribution is -2.28. The SMILES string of the molecule is O=C(N[C@H](CCCO)c1ccccc1)c1coc2ccccc12. The van der Waals surface area contributed by atoms with Crippen molar-refractivity contribution in [2.75, 3.05) is 6.61 Å². The number of hydrogen-bond donors (Lipinski definition) is 2. The summed E-state index contributed by atoms with van der Waals surface area (Å²) >= 11 is 0. The van der Waals surface area contributed by atoms with E-state index >= 15 is 0 Å². The third-order valence-electron chi connectivity index (χ3n) is 3.88. The summed E-state index contributed by atoms with van der Waals surface area (Å²) in [6.45, 7) is 0.105. The van der Waals surface area contributed by atoms with Crippen LogP contribution >= 0.6 is 0 Å². The van der Waals surface area contributed by atoms with Gasteiger partial charge in [0, 0.05) is 12.0 Å². The van der Waals surface area contributed by atoms with Gasteiger partial charge in [-0.2, -0.15) is 0 Å². The molecule has 0 radical (unpaired) electrons. The molecule has 0 saturated heterocycles. The van der Waals surface area contributed by atoms with Gasteiger partial charge >= 0.3 is 0 Å². The number of hydrogen-bond acceptors (Lipinski definition) is 3. The highest BCUT2D eigenvalue weighted by atomic mass is 16.3. The van der Waals surface area contributed by atoms with Gasteiger partial charge in [0.1, 0.15) is 11.8 Å². The number of aliphatic hydroxyl groups excluding tert-OH is 1. The minimum atomic E-state index is -0.165. The first kappa shape index (κ1) is 15.3. The lowest BCUT2D eigenvalue weighted by molar-refractivity contribution is 0.0933. The number of benzene rings is 2. The largest absolute Gasteiger partial charge is 0.463 e. The van der Waals surface area contributed by atoms with Crippen LogP contribution in [0.2, 0.25) is 0 Å². The highest BCUT2D eigenvalue weighted by molar-refractivity contribution is 6.06. The van der Waals surface area contributed by atoms with Gasteiger partial charge in [-0.05, 0) is 24.5 Å². The normalized spacial score (nSPS) is 12.2. The first-order valence-electron chi connectivity index (χ1n) is 7.72. The van der Waals surface area contributed by atoms with Gasteiger partial charge in [0.2, 0.25) is 0 Å². The van der Waals surface area contributed by atoms with Gasteiger partial charge in [-0.25, -0.2) is 0 Å². The Hall–Kier alpha value is -2.59. The Morgan fingerprint density at radius 1 is 1.09 bits per heavy atom. The van der Waals surface area contributed by atoms with Crippen molar-refractivity contribution < 1.29 is 14.3 Å². The summed E-state index contributed by atoms with van der Waals surface area (Å²) in [5.41, 5.74) is 2.26. The maximum Gasteiger partial charge on any atom is 0.255 e. The molecule has 1 heterocycles. The molecule has 0 spiro atoms. The zero-order chi connectivity index (χ0) is 16.1. The minimum Gasteiger partial charge on any atom is -0.463 e. The van der Waals surface area contributed by atoms with E-state index in [0.717, 1.165) is 10.9 Å². The molecule has 2 N–H and O–H groups in total. The molecule has 1 atom stereocenters. The van der Waals surface area contributed by atoms with E-state index in [4.69, 9.17) is 9.52 Å². The summed E-state index contributed by atoms with van der Waals surface area (Å²) in [4.78, 5) is 12.6. The van der Waals surface area contributed by atoms with Crippen molar-refractivity contribution >= 4 is 16.9 Å². The molecule has 0 saturated carbocycles. The van der Waals surface area contributed by atoms with Gasteiger partial charge in [-0.1, -0.05) is 48.5 Å². The van der Waals surface area contributed by atoms with Gasteiger partial charge in [-0.15, -0.1) is 0 Å². The number of carbonyl (C=O) groups is 1. The zero-order valence-corrected chi connectivity index (χ0v) is 12.7.